The van der Waals surface area contributed by atoms with Gasteiger partial charge in [0.1, 0.15) is 5.37 Å². The summed E-state index contributed by atoms with van der Waals surface area (Å²) in [7, 11) is -4.24. The molecule has 0 heterocycles. The van der Waals surface area contributed by atoms with Crippen molar-refractivity contribution >= 4 is 21.6 Å². The number of sulfone groups is 1. The molecule has 1 amide bonds. The lowest BCUT2D eigenvalue weighted by Gasteiger charge is -2.37. The van der Waals surface area contributed by atoms with Gasteiger partial charge in [0.2, 0.25) is 0 Å². The number of nitro benzene ring substituents is 1. The fraction of sp³-hybridized carbons (Fsp3) is 0.324. The Hall–Kier alpha value is -4.62. The second-order valence-electron chi connectivity index (χ2n) is 12.8. The van der Waals surface area contributed by atoms with Crippen molar-refractivity contribution in [1.29, 1.82) is 0 Å². The number of non-ortho nitro benzene ring substituents is 1. The summed E-state index contributed by atoms with van der Waals surface area (Å²) < 4.78 is 28.6. The number of rotatable bonds is 18. The summed E-state index contributed by atoms with van der Waals surface area (Å²) in [6.45, 7) is 4.96. The monoisotopic (exact) mass is 688 g/mol. The number of carboxylic acid groups (broad SMARTS) is 1. The minimum absolute atomic E-state index is 0.0484. The lowest BCUT2D eigenvalue weighted by molar-refractivity contribution is -0.385. The molecule has 0 aliphatic rings. The van der Waals surface area contributed by atoms with Crippen molar-refractivity contribution in [1.82, 2.24) is 15.1 Å². The molecule has 0 saturated carbocycles. The van der Waals surface area contributed by atoms with Crippen molar-refractivity contribution in [2.24, 2.45) is 5.41 Å². The Kier molecular flexibility index (Phi) is 13.0. The Labute approximate surface area is 287 Å². The fourth-order valence-corrected chi connectivity index (χ4v) is 7.87. The molecule has 0 radical (unpaired) electrons. The number of amides is 1. The maximum atomic E-state index is 14.3. The van der Waals surface area contributed by atoms with Gasteiger partial charge >= 0.3 is 6.09 Å². The topological polar surface area (TPSA) is 153 Å². The summed E-state index contributed by atoms with van der Waals surface area (Å²) in [6, 6.07) is 33.9. The van der Waals surface area contributed by atoms with E-state index in [1.807, 2.05) is 80.6 Å². The summed E-state index contributed by atoms with van der Waals surface area (Å²) in [4.78, 5) is 26.0. The first-order valence-corrected chi connectivity index (χ1v) is 17.6. The van der Waals surface area contributed by atoms with E-state index in [4.69, 9.17) is 0 Å². The Bertz CT molecular complexity index is 1720. The van der Waals surface area contributed by atoms with Crippen LogP contribution in [0.25, 0.3) is 0 Å². The first kappa shape index (κ1) is 37.2. The van der Waals surface area contributed by atoms with Crippen molar-refractivity contribution in [2.45, 2.75) is 56.3 Å². The largest absolute Gasteiger partial charge is 0.465 e. The quantitative estimate of drug-likeness (QED) is 0.0851. The van der Waals surface area contributed by atoms with E-state index in [-0.39, 0.29) is 30.2 Å². The van der Waals surface area contributed by atoms with E-state index < -0.39 is 37.7 Å². The summed E-state index contributed by atoms with van der Waals surface area (Å²) in [5.41, 5.74) is 1.65. The van der Waals surface area contributed by atoms with E-state index in [9.17, 15) is 33.5 Å². The van der Waals surface area contributed by atoms with Crippen LogP contribution in [-0.4, -0.2) is 70.6 Å². The van der Waals surface area contributed by atoms with E-state index in [1.165, 1.54) is 18.2 Å². The van der Waals surface area contributed by atoms with Gasteiger partial charge in [0.05, 0.1) is 22.5 Å². The first-order valence-electron chi connectivity index (χ1n) is 16.1. The molecule has 0 saturated heterocycles. The smallest absolute Gasteiger partial charge is 0.407 e. The Balaban J connectivity index is 1.58. The van der Waals surface area contributed by atoms with E-state index in [0.717, 1.165) is 27.7 Å². The van der Waals surface area contributed by atoms with Gasteiger partial charge in [0.15, 0.2) is 9.84 Å². The van der Waals surface area contributed by atoms with Crippen LogP contribution < -0.4 is 5.32 Å². The number of nitrogens with one attached hydrogen (secondary N) is 1. The molecule has 0 spiro atoms. The van der Waals surface area contributed by atoms with Crippen molar-refractivity contribution in [3.8, 4) is 0 Å². The van der Waals surface area contributed by atoms with Crippen LogP contribution in [0.4, 0.5) is 10.5 Å². The molecule has 4 aromatic carbocycles. The molecule has 4 rings (SSSR count). The zero-order valence-corrected chi connectivity index (χ0v) is 28.6. The van der Waals surface area contributed by atoms with E-state index >= 15 is 0 Å². The van der Waals surface area contributed by atoms with Gasteiger partial charge in [0, 0.05) is 38.3 Å². The molecule has 260 valence electrons. The average Bonchev–Trinajstić information content (AvgIpc) is 3.08. The van der Waals surface area contributed by atoms with Gasteiger partial charge in [-0.1, -0.05) is 111 Å². The highest BCUT2D eigenvalue weighted by Crippen LogP contribution is 2.34. The van der Waals surface area contributed by atoms with Crippen molar-refractivity contribution in [3.63, 3.8) is 0 Å². The molecule has 11 nitrogen and oxygen atoms in total. The highest BCUT2D eigenvalue weighted by molar-refractivity contribution is 7.92. The summed E-state index contributed by atoms with van der Waals surface area (Å²) in [6.07, 6.45) is -2.06. The minimum atomic E-state index is -4.24. The van der Waals surface area contributed by atoms with Crippen LogP contribution in [0.5, 0.6) is 0 Å². The van der Waals surface area contributed by atoms with Crippen LogP contribution in [0, 0.1) is 15.5 Å². The highest BCUT2D eigenvalue weighted by atomic mass is 32.2. The molecule has 12 heteroatoms. The van der Waals surface area contributed by atoms with Crippen LogP contribution >= 0.6 is 0 Å². The summed E-state index contributed by atoms with van der Waals surface area (Å²) in [5.74, 6) is 0. The molecule has 0 aromatic heterocycles. The normalized spacial score (nSPS) is 13.1. The summed E-state index contributed by atoms with van der Waals surface area (Å²) in [5, 5.41) is 34.1. The zero-order chi connectivity index (χ0) is 35.4. The lowest BCUT2D eigenvalue weighted by Crippen LogP contribution is -2.52. The standard InChI is InChI=1S/C37H44N4O7S/c1-37(2,21-22-39(25-29-13-6-3-7-14-29)26-30-15-8-4-9-16-30)35(49(47,48)34-20-12-19-32(23-34)41(45)46)38-24-33(42)28-40(36(43)44)27-31-17-10-5-11-18-31/h3-20,23,33,35,38,42H,21-22,24-28H2,1-2H3,(H,43,44). The number of nitrogens with zero attached hydrogens (tertiary/aromatic N) is 3. The predicted molar refractivity (Wildman–Crippen MR) is 188 cm³/mol. The third kappa shape index (κ3) is 10.9. The molecule has 49 heavy (non-hydrogen) atoms. The Morgan fingerprint density at radius 3 is 1.84 bits per heavy atom. The molecule has 2 atom stereocenters. The van der Waals surface area contributed by atoms with Gasteiger partial charge in [-0.25, -0.2) is 13.2 Å². The fourth-order valence-electron chi connectivity index (χ4n) is 5.77. The number of hydrogen-bond donors (Lipinski definition) is 3. The molecule has 0 aliphatic carbocycles. The van der Waals surface area contributed by atoms with Crippen LogP contribution in [-0.2, 0) is 29.5 Å². The molecule has 0 aliphatic heterocycles. The van der Waals surface area contributed by atoms with Crippen molar-refractivity contribution in [3.05, 3.63) is 142 Å². The number of aliphatic hydroxyl groups is 1. The maximum Gasteiger partial charge on any atom is 0.407 e. The van der Waals surface area contributed by atoms with Crippen LogP contribution in [0.2, 0.25) is 0 Å². The van der Waals surface area contributed by atoms with Gasteiger partial charge < -0.3 is 15.1 Å². The molecular weight excluding hydrogens is 644 g/mol. The first-order chi connectivity index (χ1) is 23.3. The Morgan fingerprint density at radius 2 is 1.35 bits per heavy atom. The SMILES string of the molecule is CC(C)(CCN(Cc1ccccc1)Cc1ccccc1)C(NCC(O)CN(Cc1ccccc1)C(=O)O)S(=O)(=O)c1cccc([N+](=O)[O-])c1. The van der Waals surface area contributed by atoms with Gasteiger partial charge in [-0.3, -0.25) is 20.3 Å². The highest BCUT2D eigenvalue weighted by Gasteiger charge is 2.41. The maximum absolute atomic E-state index is 14.3. The van der Waals surface area contributed by atoms with Gasteiger partial charge in [0.25, 0.3) is 5.69 Å². The van der Waals surface area contributed by atoms with Gasteiger partial charge in [-0.05, 0) is 41.1 Å². The molecule has 0 bridgehead atoms. The van der Waals surface area contributed by atoms with Crippen LogP contribution in [0.1, 0.15) is 37.0 Å². The number of benzene rings is 4. The predicted octanol–water partition coefficient (Wildman–Crippen LogP) is 5.94. The van der Waals surface area contributed by atoms with E-state index in [1.54, 1.807) is 24.3 Å². The average molecular weight is 689 g/mol. The number of nitro groups is 1. The minimum Gasteiger partial charge on any atom is -0.465 e. The van der Waals surface area contributed by atoms with Crippen LogP contribution in [0.3, 0.4) is 0 Å². The van der Waals surface area contributed by atoms with Crippen molar-refractivity contribution in [2.75, 3.05) is 19.6 Å². The third-order valence-corrected chi connectivity index (χ3v) is 10.7. The summed E-state index contributed by atoms with van der Waals surface area (Å²) >= 11 is 0. The molecular formula is C37H44N4O7S. The second-order valence-corrected chi connectivity index (χ2v) is 14.8. The number of carbonyl (C=O) groups is 1. The Morgan fingerprint density at radius 1 is 0.837 bits per heavy atom. The van der Waals surface area contributed by atoms with Crippen molar-refractivity contribution < 1.29 is 28.3 Å². The lowest BCUT2D eigenvalue weighted by atomic mass is 9.88. The zero-order valence-electron chi connectivity index (χ0n) is 27.8. The number of aliphatic hydroxyl groups excluding tert-OH is 1. The van der Waals surface area contributed by atoms with Gasteiger partial charge in [-0.15, -0.1) is 0 Å². The van der Waals surface area contributed by atoms with Crippen LogP contribution in [0.15, 0.2) is 120 Å². The number of hydrogen-bond acceptors (Lipinski definition) is 8. The molecule has 2 unspecified atom stereocenters. The third-order valence-electron chi connectivity index (χ3n) is 8.40. The second kappa shape index (κ2) is 17.2. The van der Waals surface area contributed by atoms with E-state index in [2.05, 4.69) is 10.2 Å². The van der Waals surface area contributed by atoms with Gasteiger partial charge in [-0.2, -0.15) is 0 Å². The molecule has 3 N–H and O–H groups in total. The molecule has 4 aromatic rings. The molecule has 0 fully saturated rings. The van der Waals surface area contributed by atoms with E-state index in [0.29, 0.717) is 26.1 Å².